The van der Waals surface area contributed by atoms with Crippen LogP contribution < -0.4 is 0 Å². The minimum atomic E-state index is -0.297. The van der Waals surface area contributed by atoms with Crippen molar-refractivity contribution in [3.63, 3.8) is 0 Å². The van der Waals surface area contributed by atoms with Crippen molar-refractivity contribution >= 4 is 23.2 Å². The van der Waals surface area contributed by atoms with E-state index in [1.807, 2.05) is 39.1 Å². The SMILES string of the molecule is CCCC(=O)N(CC(=O)N(Cc1ccc(F)cc1)Cc1sccc1C)[C@@H](C)CC. The minimum Gasteiger partial charge on any atom is -0.332 e. The van der Waals surface area contributed by atoms with Gasteiger partial charge in [-0.15, -0.1) is 11.3 Å². The van der Waals surface area contributed by atoms with Gasteiger partial charge in [0.05, 0.1) is 6.54 Å². The topological polar surface area (TPSA) is 40.6 Å². The first-order valence-corrected chi connectivity index (χ1v) is 11.1. The van der Waals surface area contributed by atoms with Gasteiger partial charge in [0.25, 0.3) is 0 Å². The molecule has 6 heteroatoms. The van der Waals surface area contributed by atoms with E-state index in [2.05, 4.69) is 0 Å². The highest BCUT2D eigenvalue weighted by molar-refractivity contribution is 7.10. The van der Waals surface area contributed by atoms with Crippen LogP contribution in [0.2, 0.25) is 0 Å². The fourth-order valence-corrected chi connectivity index (χ4v) is 4.02. The standard InChI is InChI=1S/C23H31FN2O2S/c1-5-7-22(27)26(18(4)6-2)16-23(28)25(15-21-17(3)12-13-29-21)14-19-8-10-20(24)11-9-19/h8-13,18H,5-7,14-16H2,1-4H3/t18-/m0/s1. The summed E-state index contributed by atoms with van der Waals surface area (Å²) in [5.41, 5.74) is 2.01. The smallest absolute Gasteiger partial charge is 0.242 e. The van der Waals surface area contributed by atoms with Crippen LogP contribution in [0, 0.1) is 12.7 Å². The average Bonchev–Trinajstić information content (AvgIpc) is 3.11. The fourth-order valence-electron chi connectivity index (χ4n) is 3.10. The lowest BCUT2D eigenvalue weighted by atomic mass is 10.1. The quantitative estimate of drug-likeness (QED) is 0.535. The first kappa shape index (κ1) is 23.1. The van der Waals surface area contributed by atoms with Gasteiger partial charge in [-0.2, -0.15) is 0 Å². The van der Waals surface area contributed by atoms with Crippen LogP contribution >= 0.6 is 11.3 Å². The number of thiophene rings is 1. The van der Waals surface area contributed by atoms with E-state index in [0.29, 0.717) is 19.5 Å². The highest BCUT2D eigenvalue weighted by atomic mass is 32.1. The van der Waals surface area contributed by atoms with Gasteiger partial charge in [-0.25, -0.2) is 4.39 Å². The number of carbonyl (C=O) groups excluding carboxylic acids is 2. The van der Waals surface area contributed by atoms with Crippen molar-refractivity contribution in [2.24, 2.45) is 0 Å². The minimum absolute atomic E-state index is 0.00847. The summed E-state index contributed by atoms with van der Waals surface area (Å²) in [5, 5.41) is 2.02. The normalized spacial score (nSPS) is 11.9. The number of aryl methyl sites for hydroxylation is 1. The maximum atomic E-state index is 13.3. The molecule has 1 aromatic carbocycles. The number of amides is 2. The van der Waals surface area contributed by atoms with Crippen molar-refractivity contribution in [2.75, 3.05) is 6.54 Å². The first-order chi connectivity index (χ1) is 13.8. The second kappa shape index (κ2) is 11.1. The van der Waals surface area contributed by atoms with Gasteiger partial charge in [-0.05, 0) is 61.4 Å². The number of hydrogen-bond donors (Lipinski definition) is 0. The molecule has 0 spiro atoms. The van der Waals surface area contributed by atoms with E-state index in [1.165, 1.54) is 12.1 Å². The zero-order valence-electron chi connectivity index (χ0n) is 17.8. The molecule has 0 unspecified atom stereocenters. The molecule has 0 N–H and O–H groups in total. The van der Waals surface area contributed by atoms with E-state index in [9.17, 15) is 14.0 Å². The van der Waals surface area contributed by atoms with E-state index >= 15 is 0 Å². The number of rotatable bonds is 10. The molecule has 29 heavy (non-hydrogen) atoms. The number of halogens is 1. The molecule has 0 bridgehead atoms. The van der Waals surface area contributed by atoms with Crippen LogP contribution in [0.1, 0.15) is 56.0 Å². The van der Waals surface area contributed by atoms with Crippen molar-refractivity contribution in [1.82, 2.24) is 9.80 Å². The fraction of sp³-hybridized carbons (Fsp3) is 0.478. The van der Waals surface area contributed by atoms with Crippen LogP contribution in [0.15, 0.2) is 35.7 Å². The van der Waals surface area contributed by atoms with E-state index in [0.717, 1.165) is 28.8 Å². The molecular formula is C23H31FN2O2S. The Hall–Kier alpha value is -2.21. The lowest BCUT2D eigenvalue weighted by Crippen LogP contribution is -2.46. The van der Waals surface area contributed by atoms with Gasteiger partial charge in [-0.1, -0.05) is 26.0 Å². The number of carbonyl (C=O) groups is 2. The molecule has 1 atom stereocenters. The van der Waals surface area contributed by atoms with Crippen LogP contribution in [-0.4, -0.2) is 34.2 Å². The monoisotopic (exact) mass is 418 g/mol. The molecule has 1 aromatic heterocycles. The molecule has 2 rings (SSSR count). The summed E-state index contributed by atoms with van der Waals surface area (Å²) in [4.78, 5) is 30.4. The maximum Gasteiger partial charge on any atom is 0.242 e. The van der Waals surface area contributed by atoms with Gasteiger partial charge >= 0.3 is 0 Å². The molecule has 0 aliphatic rings. The van der Waals surface area contributed by atoms with Crippen LogP contribution in [0.25, 0.3) is 0 Å². The zero-order chi connectivity index (χ0) is 21.4. The van der Waals surface area contributed by atoms with Crippen molar-refractivity contribution in [3.8, 4) is 0 Å². The number of nitrogens with zero attached hydrogens (tertiary/aromatic N) is 2. The molecule has 1 heterocycles. The summed E-state index contributed by atoms with van der Waals surface area (Å²) < 4.78 is 13.3. The van der Waals surface area contributed by atoms with Crippen LogP contribution in [0.3, 0.4) is 0 Å². The molecular weight excluding hydrogens is 387 g/mol. The second-order valence-corrected chi connectivity index (χ2v) is 8.43. The largest absolute Gasteiger partial charge is 0.332 e. The molecule has 4 nitrogen and oxygen atoms in total. The molecule has 0 aliphatic heterocycles. The summed E-state index contributed by atoms with van der Waals surface area (Å²) in [6.45, 7) is 8.93. The summed E-state index contributed by atoms with van der Waals surface area (Å²) in [6, 6.07) is 8.26. The third-order valence-corrected chi connectivity index (χ3v) is 6.16. The van der Waals surface area contributed by atoms with E-state index in [-0.39, 0.29) is 30.2 Å². The van der Waals surface area contributed by atoms with Gasteiger partial charge in [0.2, 0.25) is 11.8 Å². The van der Waals surface area contributed by atoms with Gasteiger partial charge in [0.15, 0.2) is 0 Å². The van der Waals surface area contributed by atoms with E-state index < -0.39 is 0 Å². The molecule has 2 aromatic rings. The van der Waals surface area contributed by atoms with Gasteiger partial charge in [-0.3, -0.25) is 9.59 Å². The highest BCUT2D eigenvalue weighted by Gasteiger charge is 2.25. The third-order valence-electron chi connectivity index (χ3n) is 5.15. The molecule has 0 radical (unpaired) electrons. The Labute approximate surface area is 177 Å². The Morgan fingerprint density at radius 3 is 2.31 bits per heavy atom. The number of benzene rings is 1. The molecule has 2 amide bonds. The Morgan fingerprint density at radius 1 is 1.07 bits per heavy atom. The highest BCUT2D eigenvalue weighted by Crippen LogP contribution is 2.20. The summed E-state index contributed by atoms with van der Waals surface area (Å²) in [6.07, 6.45) is 2.00. The summed E-state index contributed by atoms with van der Waals surface area (Å²) >= 11 is 1.62. The molecule has 0 saturated heterocycles. The Morgan fingerprint density at radius 2 is 1.76 bits per heavy atom. The predicted octanol–water partition coefficient (Wildman–Crippen LogP) is 5.15. The Kier molecular flexibility index (Phi) is 8.83. The maximum absolute atomic E-state index is 13.3. The van der Waals surface area contributed by atoms with E-state index in [1.54, 1.807) is 33.3 Å². The summed E-state index contributed by atoms with van der Waals surface area (Å²) in [7, 11) is 0. The van der Waals surface area contributed by atoms with Crippen LogP contribution in [-0.2, 0) is 22.7 Å². The molecule has 0 fully saturated rings. The van der Waals surface area contributed by atoms with Crippen molar-refractivity contribution < 1.29 is 14.0 Å². The second-order valence-electron chi connectivity index (χ2n) is 7.43. The van der Waals surface area contributed by atoms with Crippen molar-refractivity contribution in [2.45, 2.75) is 66.1 Å². The van der Waals surface area contributed by atoms with Crippen LogP contribution in [0.4, 0.5) is 4.39 Å². The average molecular weight is 419 g/mol. The lowest BCUT2D eigenvalue weighted by Gasteiger charge is -2.31. The van der Waals surface area contributed by atoms with E-state index in [4.69, 9.17) is 0 Å². The van der Waals surface area contributed by atoms with Gasteiger partial charge in [0.1, 0.15) is 12.4 Å². The van der Waals surface area contributed by atoms with Crippen molar-refractivity contribution in [3.05, 3.63) is 57.5 Å². The van der Waals surface area contributed by atoms with Crippen LogP contribution in [0.5, 0.6) is 0 Å². The number of hydrogen-bond acceptors (Lipinski definition) is 3. The molecule has 158 valence electrons. The Bertz CT molecular complexity index is 803. The first-order valence-electron chi connectivity index (χ1n) is 10.2. The zero-order valence-corrected chi connectivity index (χ0v) is 18.6. The van der Waals surface area contributed by atoms with Gasteiger partial charge < -0.3 is 9.80 Å². The lowest BCUT2D eigenvalue weighted by molar-refractivity contribution is -0.143. The summed E-state index contributed by atoms with van der Waals surface area (Å²) in [5.74, 6) is -0.370. The van der Waals surface area contributed by atoms with Crippen molar-refractivity contribution in [1.29, 1.82) is 0 Å². The molecule has 0 aliphatic carbocycles. The van der Waals surface area contributed by atoms with Gasteiger partial charge in [0, 0.05) is 23.9 Å². The predicted molar refractivity (Wildman–Crippen MR) is 116 cm³/mol. The Balaban J connectivity index is 2.22. The third kappa shape index (κ3) is 6.67. The molecule has 0 saturated carbocycles.